The van der Waals surface area contributed by atoms with Crippen molar-refractivity contribution in [3.8, 4) is 0 Å². The fourth-order valence-electron chi connectivity index (χ4n) is 4.33. The molecule has 1 saturated carbocycles. The topological polar surface area (TPSA) is 55.5 Å². The number of hydrogen-bond donors (Lipinski definition) is 0. The van der Waals surface area contributed by atoms with Crippen LogP contribution in [0.15, 0.2) is 27.4 Å². The summed E-state index contributed by atoms with van der Waals surface area (Å²) in [4.78, 5) is 27.2. The molecule has 5 nitrogen and oxygen atoms in total. The van der Waals surface area contributed by atoms with E-state index in [0.29, 0.717) is 17.2 Å². The number of piperidine rings is 1. The molecule has 1 aromatic carbocycles. The molecule has 1 aliphatic heterocycles. The highest BCUT2D eigenvalue weighted by atomic mass is 35.5. The molecule has 2 aliphatic rings. The average molecular weight is 363 g/mol. The van der Waals surface area contributed by atoms with E-state index in [2.05, 4.69) is 0 Å². The highest BCUT2D eigenvalue weighted by Crippen LogP contribution is 2.30. The number of hydrogen-bond acceptors (Lipinski definition) is 3. The quantitative estimate of drug-likeness (QED) is 0.811. The first-order valence-electron chi connectivity index (χ1n) is 9.23. The van der Waals surface area contributed by atoms with Crippen LogP contribution in [0.25, 0.3) is 11.1 Å². The number of carbonyl (C=O) groups is 1. The third kappa shape index (κ3) is 3.22. The minimum atomic E-state index is -0.366. The molecular weight excluding hydrogens is 340 g/mol. The first-order valence-corrected chi connectivity index (χ1v) is 9.60. The zero-order chi connectivity index (χ0) is 17.4. The molecule has 0 unspecified atom stereocenters. The van der Waals surface area contributed by atoms with Gasteiger partial charge in [0.15, 0.2) is 5.58 Å². The van der Waals surface area contributed by atoms with E-state index in [4.69, 9.17) is 16.0 Å². The maximum absolute atomic E-state index is 12.9. The summed E-state index contributed by atoms with van der Waals surface area (Å²) in [5, 5.41) is 0.577. The molecule has 1 aromatic heterocycles. The molecule has 1 aliphatic carbocycles. The van der Waals surface area contributed by atoms with Gasteiger partial charge in [0.25, 0.3) is 0 Å². The lowest BCUT2D eigenvalue weighted by molar-refractivity contribution is -0.138. The SMILES string of the molecule is O=C(C1CCCCC1)N1CCC[C@@H](n2c(=O)oc3ccc(Cl)cc32)C1. The molecule has 0 spiro atoms. The maximum Gasteiger partial charge on any atom is 0.420 e. The second kappa shape index (κ2) is 6.87. The molecule has 4 rings (SSSR count). The summed E-state index contributed by atoms with van der Waals surface area (Å²) in [6.07, 6.45) is 7.33. The van der Waals surface area contributed by atoms with Crippen molar-refractivity contribution >= 4 is 28.6 Å². The van der Waals surface area contributed by atoms with Crippen molar-refractivity contribution in [1.29, 1.82) is 0 Å². The van der Waals surface area contributed by atoms with Gasteiger partial charge in [-0.2, -0.15) is 0 Å². The number of likely N-dealkylation sites (tertiary alicyclic amines) is 1. The van der Waals surface area contributed by atoms with Crippen molar-refractivity contribution in [2.75, 3.05) is 13.1 Å². The van der Waals surface area contributed by atoms with E-state index in [0.717, 1.165) is 50.6 Å². The lowest BCUT2D eigenvalue weighted by Gasteiger charge is -2.36. The normalized spacial score (nSPS) is 22.4. The summed E-state index contributed by atoms with van der Waals surface area (Å²) in [5.41, 5.74) is 1.26. The number of amides is 1. The standard InChI is InChI=1S/C19H23ClN2O3/c20-14-8-9-17-16(11-14)22(19(24)25-17)15-7-4-10-21(12-15)18(23)13-5-2-1-3-6-13/h8-9,11,13,15H,1-7,10,12H2/t15-/m1/s1. The van der Waals surface area contributed by atoms with Crippen molar-refractivity contribution in [3.05, 3.63) is 33.8 Å². The Balaban J connectivity index is 1.59. The molecule has 1 atom stereocenters. The number of halogens is 1. The monoisotopic (exact) mass is 362 g/mol. The molecule has 2 aromatic rings. The number of fused-ring (bicyclic) bond motifs is 1. The smallest absolute Gasteiger partial charge is 0.408 e. The number of oxazole rings is 1. The molecule has 6 heteroatoms. The third-order valence-corrected chi connectivity index (χ3v) is 5.84. The highest BCUT2D eigenvalue weighted by molar-refractivity contribution is 6.31. The number of rotatable bonds is 2. The fourth-order valence-corrected chi connectivity index (χ4v) is 4.49. The Labute approximate surface area is 151 Å². The summed E-state index contributed by atoms with van der Waals surface area (Å²) in [6.45, 7) is 1.37. The first kappa shape index (κ1) is 16.7. The molecule has 2 fully saturated rings. The van der Waals surface area contributed by atoms with E-state index in [1.165, 1.54) is 6.42 Å². The molecule has 25 heavy (non-hydrogen) atoms. The van der Waals surface area contributed by atoms with Crippen LogP contribution in [0.5, 0.6) is 0 Å². The minimum absolute atomic E-state index is 0.0477. The van der Waals surface area contributed by atoms with Gasteiger partial charge >= 0.3 is 5.76 Å². The first-order chi connectivity index (χ1) is 12.1. The van der Waals surface area contributed by atoms with Crippen LogP contribution in [0, 0.1) is 5.92 Å². The van der Waals surface area contributed by atoms with Crippen molar-refractivity contribution < 1.29 is 9.21 Å². The van der Waals surface area contributed by atoms with Gasteiger partial charge < -0.3 is 9.32 Å². The fraction of sp³-hybridized carbons (Fsp3) is 0.579. The van der Waals surface area contributed by atoms with E-state index in [1.807, 2.05) is 4.90 Å². The van der Waals surface area contributed by atoms with Crippen molar-refractivity contribution in [2.24, 2.45) is 5.92 Å². The van der Waals surface area contributed by atoms with Crippen LogP contribution in [0.2, 0.25) is 5.02 Å². The van der Waals surface area contributed by atoms with Gasteiger partial charge in [0, 0.05) is 24.0 Å². The average Bonchev–Trinajstić information content (AvgIpc) is 2.97. The number of carbonyl (C=O) groups excluding carboxylic acids is 1. The van der Waals surface area contributed by atoms with Crippen molar-refractivity contribution in [1.82, 2.24) is 9.47 Å². The molecule has 0 radical (unpaired) electrons. The number of aromatic nitrogens is 1. The Kier molecular flexibility index (Phi) is 4.59. The van der Waals surface area contributed by atoms with Crippen LogP contribution in [0.3, 0.4) is 0 Å². The van der Waals surface area contributed by atoms with E-state index in [-0.39, 0.29) is 23.6 Å². The van der Waals surface area contributed by atoms with Gasteiger partial charge in [-0.05, 0) is 43.9 Å². The predicted octanol–water partition coefficient (Wildman–Crippen LogP) is 3.99. The van der Waals surface area contributed by atoms with E-state index >= 15 is 0 Å². The summed E-state index contributed by atoms with van der Waals surface area (Å²) < 4.78 is 7.05. The molecule has 134 valence electrons. The Morgan fingerprint density at radius 3 is 2.72 bits per heavy atom. The van der Waals surface area contributed by atoms with Gasteiger partial charge in [-0.15, -0.1) is 0 Å². The predicted molar refractivity (Wildman–Crippen MR) is 96.9 cm³/mol. The zero-order valence-electron chi connectivity index (χ0n) is 14.2. The van der Waals surface area contributed by atoms with E-state index < -0.39 is 0 Å². The Bertz CT molecular complexity index is 835. The maximum atomic E-state index is 12.9. The van der Waals surface area contributed by atoms with Crippen molar-refractivity contribution in [3.63, 3.8) is 0 Å². The van der Waals surface area contributed by atoms with Gasteiger partial charge in [0.2, 0.25) is 5.91 Å². The Morgan fingerprint density at radius 1 is 1.12 bits per heavy atom. The van der Waals surface area contributed by atoms with Crippen LogP contribution >= 0.6 is 11.6 Å². The lowest BCUT2D eigenvalue weighted by atomic mass is 9.87. The molecular formula is C19H23ClN2O3. The second-order valence-electron chi connectivity index (χ2n) is 7.27. The van der Waals surface area contributed by atoms with Gasteiger partial charge in [0.1, 0.15) is 0 Å². The van der Waals surface area contributed by atoms with Gasteiger partial charge in [-0.3, -0.25) is 9.36 Å². The summed E-state index contributed by atoms with van der Waals surface area (Å²) in [7, 11) is 0. The van der Waals surface area contributed by atoms with E-state index in [9.17, 15) is 9.59 Å². The summed E-state index contributed by atoms with van der Waals surface area (Å²) in [5.74, 6) is 0.0669. The summed E-state index contributed by atoms with van der Waals surface area (Å²) >= 11 is 6.10. The Hall–Kier alpha value is -1.75. The lowest BCUT2D eigenvalue weighted by Crippen LogP contribution is -2.45. The zero-order valence-corrected chi connectivity index (χ0v) is 15.0. The van der Waals surface area contributed by atoms with Gasteiger partial charge in [-0.1, -0.05) is 30.9 Å². The van der Waals surface area contributed by atoms with Crippen LogP contribution in [-0.2, 0) is 4.79 Å². The number of benzene rings is 1. The second-order valence-corrected chi connectivity index (χ2v) is 7.70. The van der Waals surface area contributed by atoms with Crippen LogP contribution in [0.1, 0.15) is 51.0 Å². The largest absolute Gasteiger partial charge is 0.420 e. The van der Waals surface area contributed by atoms with Gasteiger partial charge in [0.05, 0.1) is 11.6 Å². The molecule has 0 bridgehead atoms. The highest BCUT2D eigenvalue weighted by Gasteiger charge is 2.31. The van der Waals surface area contributed by atoms with Gasteiger partial charge in [-0.25, -0.2) is 4.79 Å². The van der Waals surface area contributed by atoms with Crippen molar-refractivity contribution in [2.45, 2.75) is 51.0 Å². The third-order valence-electron chi connectivity index (χ3n) is 5.60. The van der Waals surface area contributed by atoms with Crippen LogP contribution < -0.4 is 5.76 Å². The van der Waals surface area contributed by atoms with E-state index in [1.54, 1.807) is 22.8 Å². The molecule has 1 amide bonds. The molecule has 1 saturated heterocycles. The van der Waals surface area contributed by atoms with Crippen LogP contribution in [0.4, 0.5) is 0 Å². The number of nitrogens with zero attached hydrogens (tertiary/aromatic N) is 2. The molecule has 0 N–H and O–H groups in total. The minimum Gasteiger partial charge on any atom is -0.408 e. The molecule has 2 heterocycles. The Morgan fingerprint density at radius 2 is 1.92 bits per heavy atom. The summed E-state index contributed by atoms with van der Waals surface area (Å²) in [6, 6.07) is 5.16. The van der Waals surface area contributed by atoms with Crippen LogP contribution in [-0.4, -0.2) is 28.5 Å².